The highest BCUT2D eigenvalue weighted by molar-refractivity contribution is 6.00. The fourth-order valence-corrected chi connectivity index (χ4v) is 5.28. The molecule has 0 radical (unpaired) electrons. The van der Waals surface area contributed by atoms with Crippen LogP contribution in [-0.2, 0) is 16.1 Å². The van der Waals surface area contributed by atoms with Crippen molar-refractivity contribution in [2.75, 3.05) is 26.9 Å². The highest BCUT2D eigenvalue weighted by atomic mass is 16.5. The predicted molar refractivity (Wildman–Crippen MR) is 146 cm³/mol. The molecule has 0 fully saturated rings. The molecule has 0 saturated heterocycles. The zero-order valence-electron chi connectivity index (χ0n) is 23.0. The molecule has 7 nitrogen and oxygen atoms in total. The number of carbonyl (C=O) groups is 1. The van der Waals surface area contributed by atoms with Crippen molar-refractivity contribution in [3.8, 4) is 17.6 Å². The van der Waals surface area contributed by atoms with E-state index in [9.17, 15) is 10.1 Å². The first-order valence-electron chi connectivity index (χ1n) is 13.1. The predicted octanol–water partition coefficient (Wildman–Crippen LogP) is 5.36. The van der Waals surface area contributed by atoms with Gasteiger partial charge in [0.2, 0.25) is 0 Å². The summed E-state index contributed by atoms with van der Waals surface area (Å²) in [6.45, 7) is 9.89. The van der Waals surface area contributed by atoms with Crippen LogP contribution in [0.1, 0.15) is 56.2 Å². The highest BCUT2D eigenvalue weighted by Gasteiger charge is 2.44. The topological polar surface area (TPSA) is 97.8 Å². The molecule has 0 saturated carbocycles. The van der Waals surface area contributed by atoms with Crippen molar-refractivity contribution in [1.29, 1.82) is 5.26 Å². The van der Waals surface area contributed by atoms with Crippen molar-refractivity contribution in [3.63, 3.8) is 0 Å². The van der Waals surface area contributed by atoms with Crippen molar-refractivity contribution in [2.24, 2.45) is 11.1 Å². The third-order valence-electron chi connectivity index (χ3n) is 7.12. The molecule has 0 aromatic heterocycles. The number of rotatable bonds is 9. The van der Waals surface area contributed by atoms with Crippen LogP contribution in [0.25, 0.3) is 0 Å². The van der Waals surface area contributed by atoms with Crippen molar-refractivity contribution >= 4 is 5.78 Å². The number of hydrogen-bond acceptors (Lipinski definition) is 7. The second-order valence-electron chi connectivity index (χ2n) is 10.7. The molecule has 0 unspecified atom stereocenters. The zero-order valence-corrected chi connectivity index (χ0v) is 23.0. The first-order valence-corrected chi connectivity index (χ1v) is 13.1. The molecule has 2 N–H and O–H groups in total. The van der Waals surface area contributed by atoms with Gasteiger partial charge in [-0.1, -0.05) is 49.7 Å². The molecule has 2 aromatic carbocycles. The standard InChI is InChI=1S/C31H37N3O4/c1-6-37-27-15-22(11-12-26(27)38-19-21-9-7-20(2)8-10-21)28-23(18-32)30(33)34(13-14-36-5)24-16-31(3,4)17-25(35)29(24)28/h7-12,15,28H,6,13-14,16-17,19,33H2,1-5H3/t28-/m1/s1. The van der Waals surface area contributed by atoms with E-state index in [4.69, 9.17) is 19.9 Å². The number of nitrogens with two attached hydrogens (primary N) is 1. The summed E-state index contributed by atoms with van der Waals surface area (Å²) in [5, 5.41) is 10.2. The van der Waals surface area contributed by atoms with Crippen molar-refractivity contribution in [1.82, 2.24) is 4.90 Å². The van der Waals surface area contributed by atoms with Gasteiger partial charge in [-0.2, -0.15) is 5.26 Å². The number of benzene rings is 2. The quantitative estimate of drug-likeness (QED) is 0.480. The number of nitriles is 1. The number of ether oxygens (including phenoxy) is 3. The first-order chi connectivity index (χ1) is 18.2. The molecule has 0 amide bonds. The van der Waals surface area contributed by atoms with Gasteiger partial charge >= 0.3 is 0 Å². The lowest BCUT2D eigenvalue weighted by Crippen LogP contribution is -2.43. The molecule has 7 heteroatoms. The summed E-state index contributed by atoms with van der Waals surface area (Å²) in [5.41, 5.74) is 11.3. The molecule has 200 valence electrons. The molecule has 38 heavy (non-hydrogen) atoms. The van der Waals surface area contributed by atoms with E-state index in [1.165, 1.54) is 5.56 Å². The highest BCUT2D eigenvalue weighted by Crippen LogP contribution is 2.49. The molecule has 1 atom stereocenters. The number of carbonyl (C=O) groups excluding carboxylic acids is 1. The Morgan fingerprint density at radius 1 is 1.11 bits per heavy atom. The van der Waals surface area contributed by atoms with E-state index in [2.05, 4.69) is 32.0 Å². The monoisotopic (exact) mass is 515 g/mol. The molecule has 0 bridgehead atoms. The van der Waals surface area contributed by atoms with E-state index in [0.717, 1.165) is 16.8 Å². The largest absolute Gasteiger partial charge is 0.490 e. The summed E-state index contributed by atoms with van der Waals surface area (Å²) in [4.78, 5) is 15.5. The Balaban J connectivity index is 1.76. The summed E-state index contributed by atoms with van der Waals surface area (Å²) in [5.74, 6) is 1.02. The van der Waals surface area contributed by atoms with Crippen molar-refractivity contribution < 1.29 is 19.0 Å². The maximum absolute atomic E-state index is 13.6. The number of Topliss-reactive ketones (excluding diaryl/α,β-unsaturated/α-hetero) is 1. The van der Waals surface area contributed by atoms with Gasteiger partial charge in [0.1, 0.15) is 12.4 Å². The van der Waals surface area contributed by atoms with Gasteiger partial charge in [0, 0.05) is 31.3 Å². The van der Waals surface area contributed by atoms with E-state index in [0.29, 0.717) is 67.7 Å². The van der Waals surface area contributed by atoms with Crippen molar-refractivity contribution in [2.45, 2.75) is 53.1 Å². The van der Waals surface area contributed by atoms with Crippen LogP contribution in [0, 0.1) is 23.7 Å². The van der Waals surface area contributed by atoms with Crippen LogP contribution in [-0.4, -0.2) is 37.6 Å². The maximum atomic E-state index is 13.6. The number of aryl methyl sites for hydroxylation is 1. The minimum atomic E-state index is -0.567. The lowest BCUT2D eigenvalue weighted by molar-refractivity contribution is -0.118. The van der Waals surface area contributed by atoms with E-state index in [-0.39, 0.29) is 11.2 Å². The van der Waals surface area contributed by atoms with Gasteiger partial charge in [-0.3, -0.25) is 4.79 Å². The Kier molecular flexibility index (Phi) is 8.13. The van der Waals surface area contributed by atoms with Gasteiger partial charge in [0.25, 0.3) is 0 Å². The molecule has 2 aliphatic rings. The van der Waals surface area contributed by atoms with Crippen LogP contribution in [0.2, 0.25) is 0 Å². The number of ketones is 1. The van der Waals surface area contributed by atoms with Gasteiger partial charge in [0.05, 0.1) is 30.8 Å². The molecule has 4 rings (SSSR count). The number of allylic oxidation sites excluding steroid dienone is 3. The third-order valence-corrected chi connectivity index (χ3v) is 7.12. The molecule has 1 aliphatic heterocycles. The smallest absolute Gasteiger partial charge is 0.162 e. The summed E-state index contributed by atoms with van der Waals surface area (Å²) in [7, 11) is 1.63. The summed E-state index contributed by atoms with van der Waals surface area (Å²) >= 11 is 0. The van der Waals surface area contributed by atoms with E-state index >= 15 is 0 Å². The summed E-state index contributed by atoms with van der Waals surface area (Å²) in [6.07, 6.45) is 1.10. The van der Waals surface area contributed by atoms with Crippen LogP contribution < -0.4 is 15.2 Å². The Hall–Kier alpha value is -3.76. The van der Waals surface area contributed by atoms with Crippen LogP contribution >= 0.6 is 0 Å². The second-order valence-corrected chi connectivity index (χ2v) is 10.7. The van der Waals surface area contributed by atoms with E-state index in [1.54, 1.807) is 7.11 Å². The third kappa shape index (κ3) is 5.56. The second kappa shape index (κ2) is 11.3. The molecule has 0 spiro atoms. The van der Waals surface area contributed by atoms with Gasteiger partial charge in [0.15, 0.2) is 17.3 Å². The van der Waals surface area contributed by atoms with Crippen LogP contribution in [0.4, 0.5) is 0 Å². The average Bonchev–Trinajstić information content (AvgIpc) is 2.87. The number of hydrogen-bond donors (Lipinski definition) is 1. The normalized spacial score (nSPS) is 18.8. The molecule has 1 heterocycles. The Morgan fingerprint density at radius 3 is 2.50 bits per heavy atom. The van der Waals surface area contributed by atoms with Gasteiger partial charge in [-0.05, 0) is 48.9 Å². The van der Waals surface area contributed by atoms with E-state index < -0.39 is 5.92 Å². The van der Waals surface area contributed by atoms with Crippen molar-refractivity contribution in [3.05, 3.63) is 81.8 Å². The maximum Gasteiger partial charge on any atom is 0.162 e. The SMILES string of the molecule is CCOc1cc([C@@H]2C(C#N)=C(N)N(CCOC)C3=C2C(=O)CC(C)(C)C3)ccc1OCc1ccc(C)cc1. The summed E-state index contributed by atoms with van der Waals surface area (Å²) in [6, 6.07) is 16.1. The minimum Gasteiger partial charge on any atom is -0.490 e. The molecular weight excluding hydrogens is 478 g/mol. The number of methoxy groups -OCH3 is 1. The lowest BCUT2D eigenvalue weighted by atomic mass is 9.68. The Bertz CT molecular complexity index is 1300. The first kappa shape index (κ1) is 27.3. The van der Waals surface area contributed by atoms with Crippen LogP contribution in [0.3, 0.4) is 0 Å². The van der Waals surface area contributed by atoms with E-state index in [1.807, 2.05) is 49.1 Å². The Labute approximate surface area is 225 Å². The lowest BCUT2D eigenvalue weighted by Gasteiger charge is -2.43. The summed E-state index contributed by atoms with van der Waals surface area (Å²) < 4.78 is 17.4. The molecular formula is C31H37N3O4. The molecule has 1 aliphatic carbocycles. The fourth-order valence-electron chi connectivity index (χ4n) is 5.28. The van der Waals surface area contributed by atoms with Gasteiger partial charge < -0.3 is 24.8 Å². The number of nitrogens with zero attached hydrogens (tertiary/aromatic N) is 2. The Morgan fingerprint density at radius 2 is 1.84 bits per heavy atom. The van der Waals surface area contributed by atoms with Gasteiger partial charge in [-0.15, -0.1) is 0 Å². The zero-order chi connectivity index (χ0) is 27.4. The average molecular weight is 516 g/mol. The fraction of sp³-hybridized carbons (Fsp3) is 0.419. The van der Waals surface area contributed by atoms with Crippen LogP contribution in [0.5, 0.6) is 11.5 Å². The van der Waals surface area contributed by atoms with Gasteiger partial charge in [-0.25, -0.2) is 0 Å². The van der Waals surface area contributed by atoms with Crippen LogP contribution in [0.15, 0.2) is 65.1 Å². The minimum absolute atomic E-state index is 0.0431. The molecule has 2 aromatic rings.